The smallest absolute Gasteiger partial charge is 0.379 e. The Kier molecular flexibility index (Phi) is 4.22. The van der Waals surface area contributed by atoms with Gasteiger partial charge in [0.1, 0.15) is 0 Å². The van der Waals surface area contributed by atoms with Crippen molar-refractivity contribution >= 4 is 11.8 Å². The van der Waals surface area contributed by atoms with Crippen molar-refractivity contribution in [3.8, 4) is 0 Å². The molecule has 1 heterocycles. The summed E-state index contributed by atoms with van der Waals surface area (Å²) in [6.07, 6.45) is 2.35. The molecule has 5 nitrogen and oxygen atoms in total. The highest BCUT2D eigenvalue weighted by Gasteiger charge is 2.22. The third-order valence-corrected chi connectivity index (χ3v) is 2.24. The Bertz CT molecular complexity index is 396. The van der Waals surface area contributed by atoms with Gasteiger partial charge >= 0.3 is 5.97 Å². The first kappa shape index (κ1) is 12.4. The van der Waals surface area contributed by atoms with E-state index in [2.05, 4.69) is 9.84 Å². The maximum atomic E-state index is 11.6. The van der Waals surface area contributed by atoms with Crippen LogP contribution in [0.4, 0.5) is 0 Å². The lowest BCUT2D eigenvalue weighted by Crippen LogP contribution is -2.18. The molecule has 0 bridgehead atoms. The molecule has 0 atom stereocenters. The van der Waals surface area contributed by atoms with Crippen LogP contribution in [0.1, 0.15) is 36.3 Å². The number of hydrogen-bond donors (Lipinski definition) is 0. The quantitative estimate of drug-likeness (QED) is 0.430. The van der Waals surface area contributed by atoms with Crippen molar-refractivity contribution in [3.63, 3.8) is 0 Å². The van der Waals surface area contributed by atoms with Crippen LogP contribution in [-0.2, 0) is 16.1 Å². The molecule has 16 heavy (non-hydrogen) atoms. The summed E-state index contributed by atoms with van der Waals surface area (Å²) >= 11 is 0. The third-order valence-electron chi connectivity index (χ3n) is 2.24. The van der Waals surface area contributed by atoms with Gasteiger partial charge in [-0.3, -0.25) is 9.48 Å². The number of aryl methyl sites for hydroxylation is 1. The monoisotopic (exact) mass is 224 g/mol. The van der Waals surface area contributed by atoms with Crippen molar-refractivity contribution in [1.82, 2.24) is 9.78 Å². The average Bonchev–Trinajstić information content (AvgIpc) is 2.61. The number of ether oxygens (including phenoxy) is 1. The van der Waals surface area contributed by atoms with Gasteiger partial charge in [0, 0.05) is 12.2 Å². The van der Waals surface area contributed by atoms with E-state index in [-0.39, 0.29) is 6.61 Å². The van der Waals surface area contributed by atoms with Crippen LogP contribution in [0.3, 0.4) is 0 Å². The van der Waals surface area contributed by atoms with Gasteiger partial charge in [0.25, 0.3) is 5.78 Å². The van der Waals surface area contributed by atoms with E-state index in [1.165, 1.54) is 6.20 Å². The van der Waals surface area contributed by atoms with Crippen LogP contribution < -0.4 is 0 Å². The number of carbonyl (C=O) groups is 2. The number of hydrogen-bond acceptors (Lipinski definition) is 4. The fraction of sp³-hybridized carbons (Fsp3) is 0.545. The van der Waals surface area contributed by atoms with Gasteiger partial charge in [0.15, 0.2) is 0 Å². The highest BCUT2D eigenvalue weighted by Crippen LogP contribution is 2.09. The SMILES string of the molecule is CCCn1ncc(C(=O)C(=O)OCC)c1C. The Morgan fingerprint density at radius 2 is 2.12 bits per heavy atom. The van der Waals surface area contributed by atoms with Crippen molar-refractivity contribution in [2.75, 3.05) is 6.61 Å². The number of aromatic nitrogens is 2. The van der Waals surface area contributed by atoms with E-state index >= 15 is 0 Å². The van der Waals surface area contributed by atoms with Gasteiger partial charge in [-0.15, -0.1) is 0 Å². The van der Waals surface area contributed by atoms with E-state index in [9.17, 15) is 9.59 Å². The molecule has 0 aliphatic heterocycles. The second kappa shape index (κ2) is 5.44. The molecule has 0 radical (unpaired) electrons. The highest BCUT2D eigenvalue weighted by atomic mass is 16.5. The molecule has 0 unspecified atom stereocenters. The van der Waals surface area contributed by atoms with E-state index in [4.69, 9.17) is 0 Å². The summed E-state index contributed by atoms with van der Waals surface area (Å²) in [5, 5.41) is 4.06. The van der Waals surface area contributed by atoms with Crippen LogP contribution in [-0.4, -0.2) is 28.1 Å². The molecule has 0 aliphatic carbocycles. The zero-order valence-electron chi connectivity index (χ0n) is 9.82. The predicted octanol–water partition coefficient (Wildman–Crippen LogP) is 1.35. The Hall–Kier alpha value is -1.65. The summed E-state index contributed by atoms with van der Waals surface area (Å²) in [7, 11) is 0. The van der Waals surface area contributed by atoms with Gasteiger partial charge in [0.05, 0.1) is 18.4 Å². The number of esters is 1. The molecule has 5 heteroatoms. The van der Waals surface area contributed by atoms with Crippen molar-refractivity contribution in [3.05, 3.63) is 17.5 Å². The largest absolute Gasteiger partial charge is 0.460 e. The summed E-state index contributed by atoms with van der Waals surface area (Å²) in [6, 6.07) is 0. The maximum Gasteiger partial charge on any atom is 0.379 e. The standard InChI is InChI=1S/C11H16N2O3/c1-4-6-13-8(3)9(7-12-13)10(14)11(15)16-5-2/h7H,4-6H2,1-3H3. The molecule has 0 amide bonds. The molecule has 88 valence electrons. The van der Waals surface area contributed by atoms with Crippen LogP contribution in [0.15, 0.2) is 6.20 Å². The summed E-state index contributed by atoms with van der Waals surface area (Å²) in [5.41, 5.74) is 1.03. The summed E-state index contributed by atoms with van der Waals surface area (Å²) in [6.45, 7) is 6.40. The van der Waals surface area contributed by atoms with Crippen LogP contribution in [0.5, 0.6) is 0 Å². The lowest BCUT2D eigenvalue weighted by molar-refractivity contribution is -0.137. The third kappa shape index (κ3) is 2.48. The Morgan fingerprint density at radius 3 is 2.69 bits per heavy atom. The molecule has 0 N–H and O–H groups in total. The van der Waals surface area contributed by atoms with Crippen molar-refractivity contribution in [1.29, 1.82) is 0 Å². The van der Waals surface area contributed by atoms with Crippen LogP contribution in [0.25, 0.3) is 0 Å². The number of carbonyl (C=O) groups excluding carboxylic acids is 2. The molecular formula is C11H16N2O3. The molecule has 0 fully saturated rings. The van der Waals surface area contributed by atoms with Crippen molar-refractivity contribution in [2.24, 2.45) is 0 Å². The molecular weight excluding hydrogens is 208 g/mol. The van der Waals surface area contributed by atoms with E-state index in [0.29, 0.717) is 11.3 Å². The Morgan fingerprint density at radius 1 is 1.44 bits per heavy atom. The first-order valence-corrected chi connectivity index (χ1v) is 5.35. The van der Waals surface area contributed by atoms with Gasteiger partial charge in [-0.2, -0.15) is 5.10 Å². The maximum absolute atomic E-state index is 11.6. The topological polar surface area (TPSA) is 61.2 Å². The predicted molar refractivity (Wildman–Crippen MR) is 58.2 cm³/mol. The molecule has 1 aromatic rings. The summed E-state index contributed by atoms with van der Waals surface area (Å²) in [4.78, 5) is 22.9. The first-order chi connectivity index (χ1) is 7.61. The average molecular weight is 224 g/mol. The normalized spacial score (nSPS) is 10.2. The molecule has 0 spiro atoms. The fourth-order valence-electron chi connectivity index (χ4n) is 1.41. The van der Waals surface area contributed by atoms with Crippen LogP contribution in [0.2, 0.25) is 0 Å². The molecule has 1 aromatic heterocycles. The number of ketones is 1. The summed E-state index contributed by atoms with van der Waals surface area (Å²) < 4.78 is 6.37. The highest BCUT2D eigenvalue weighted by molar-refractivity contribution is 6.40. The van der Waals surface area contributed by atoms with E-state index in [1.807, 2.05) is 6.92 Å². The van der Waals surface area contributed by atoms with Crippen LogP contribution >= 0.6 is 0 Å². The first-order valence-electron chi connectivity index (χ1n) is 5.35. The number of nitrogens with zero attached hydrogens (tertiary/aromatic N) is 2. The second-order valence-electron chi connectivity index (χ2n) is 3.42. The van der Waals surface area contributed by atoms with Crippen LogP contribution in [0, 0.1) is 6.92 Å². The van der Waals surface area contributed by atoms with E-state index in [0.717, 1.165) is 13.0 Å². The zero-order chi connectivity index (χ0) is 12.1. The molecule has 0 aliphatic rings. The minimum absolute atomic E-state index is 0.201. The molecule has 0 saturated carbocycles. The van der Waals surface area contributed by atoms with Gasteiger partial charge in [0.2, 0.25) is 0 Å². The fourth-order valence-corrected chi connectivity index (χ4v) is 1.41. The van der Waals surface area contributed by atoms with Crippen molar-refractivity contribution < 1.29 is 14.3 Å². The molecule has 0 aromatic carbocycles. The van der Waals surface area contributed by atoms with E-state index < -0.39 is 11.8 Å². The lowest BCUT2D eigenvalue weighted by Gasteiger charge is -2.02. The number of Topliss-reactive ketones (excluding diaryl/α,β-unsaturated/α-hetero) is 1. The molecule has 0 saturated heterocycles. The minimum atomic E-state index is -0.818. The zero-order valence-corrected chi connectivity index (χ0v) is 9.82. The second-order valence-corrected chi connectivity index (χ2v) is 3.42. The van der Waals surface area contributed by atoms with E-state index in [1.54, 1.807) is 18.5 Å². The van der Waals surface area contributed by atoms with Gasteiger partial charge < -0.3 is 4.74 Å². The summed E-state index contributed by atoms with van der Waals surface area (Å²) in [5.74, 6) is -1.44. The lowest BCUT2D eigenvalue weighted by atomic mass is 10.2. The van der Waals surface area contributed by atoms with Gasteiger partial charge in [-0.05, 0) is 20.3 Å². The van der Waals surface area contributed by atoms with Crippen molar-refractivity contribution in [2.45, 2.75) is 33.7 Å². The Labute approximate surface area is 94.4 Å². The number of rotatable bonds is 5. The molecule has 1 rings (SSSR count). The van der Waals surface area contributed by atoms with Gasteiger partial charge in [-0.25, -0.2) is 4.79 Å². The van der Waals surface area contributed by atoms with Gasteiger partial charge in [-0.1, -0.05) is 6.92 Å². The minimum Gasteiger partial charge on any atom is -0.460 e. The Balaban J connectivity index is 2.88.